The Morgan fingerprint density at radius 3 is 2.52 bits per heavy atom. The van der Waals surface area contributed by atoms with Gasteiger partial charge in [0.25, 0.3) is 0 Å². The largest absolute Gasteiger partial charge is 0.382 e. The average Bonchev–Trinajstić information content (AvgIpc) is 2.81. The van der Waals surface area contributed by atoms with E-state index in [1.165, 1.54) is 24.3 Å². The maximum atomic E-state index is 14.0. The van der Waals surface area contributed by atoms with Crippen molar-refractivity contribution in [2.45, 2.75) is 0 Å². The minimum Gasteiger partial charge on any atom is -0.382 e. The lowest BCUT2D eigenvalue weighted by Gasteiger charge is -2.07. The molecule has 0 atom stereocenters. The molecule has 106 valence electrons. The molecule has 0 aliphatic rings. The third-order valence-corrected chi connectivity index (χ3v) is 3.45. The predicted octanol–water partition coefficient (Wildman–Crippen LogP) is 4.26. The van der Waals surface area contributed by atoms with Crippen molar-refractivity contribution in [3.05, 3.63) is 59.1 Å². The molecule has 6 heteroatoms. The van der Waals surface area contributed by atoms with Crippen LogP contribution in [-0.4, -0.2) is 10.2 Å². The Kier molecular flexibility index (Phi) is 3.35. The Balaban J connectivity index is 2.25. The Morgan fingerprint density at radius 1 is 1.05 bits per heavy atom. The Labute approximate surface area is 124 Å². The van der Waals surface area contributed by atoms with Gasteiger partial charge in [-0.25, -0.2) is 8.78 Å². The summed E-state index contributed by atoms with van der Waals surface area (Å²) in [5.41, 5.74) is 7.49. The molecule has 21 heavy (non-hydrogen) atoms. The highest BCUT2D eigenvalue weighted by Crippen LogP contribution is 2.38. The molecule has 3 aromatic rings. The summed E-state index contributed by atoms with van der Waals surface area (Å²) in [6.45, 7) is 0. The van der Waals surface area contributed by atoms with Gasteiger partial charge >= 0.3 is 0 Å². The molecular formula is C15H10ClF2N3. The van der Waals surface area contributed by atoms with Crippen LogP contribution in [0.15, 0.2) is 42.5 Å². The number of aromatic nitrogens is 2. The first kappa shape index (κ1) is 13.6. The van der Waals surface area contributed by atoms with Gasteiger partial charge in [0.15, 0.2) is 5.82 Å². The van der Waals surface area contributed by atoms with Crippen molar-refractivity contribution in [1.82, 2.24) is 10.2 Å². The molecule has 3 N–H and O–H groups in total. The lowest BCUT2D eigenvalue weighted by Crippen LogP contribution is -1.92. The fraction of sp³-hybridized carbons (Fsp3) is 0. The number of hydrogen-bond acceptors (Lipinski definition) is 2. The van der Waals surface area contributed by atoms with E-state index in [0.717, 1.165) is 0 Å². The van der Waals surface area contributed by atoms with Gasteiger partial charge < -0.3 is 5.73 Å². The Bertz CT molecular complexity index is 814. The predicted molar refractivity (Wildman–Crippen MR) is 78.8 cm³/mol. The van der Waals surface area contributed by atoms with E-state index in [9.17, 15) is 8.78 Å². The summed E-state index contributed by atoms with van der Waals surface area (Å²) in [5, 5.41) is 6.83. The van der Waals surface area contributed by atoms with Crippen LogP contribution in [-0.2, 0) is 0 Å². The number of rotatable bonds is 2. The molecule has 0 spiro atoms. The Hall–Kier alpha value is -2.40. The van der Waals surface area contributed by atoms with Crippen molar-refractivity contribution in [3.63, 3.8) is 0 Å². The highest BCUT2D eigenvalue weighted by atomic mass is 35.5. The molecule has 0 unspecified atom stereocenters. The van der Waals surface area contributed by atoms with Crippen molar-refractivity contribution in [1.29, 1.82) is 0 Å². The van der Waals surface area contributed by atoms with Gasteiger partial charge in [-0.15, -0.1) is 0 Å². The maximum Gasteiger partial charge on any atom is 0.153 e. The van der Waals surface area contributed by atoms with Crippen LogP contribution in [0.4, 0.5) is 14.6 Å². The summed E-state index contributed by atoms with van der Waals surface area (Å²) >= 11 is 6.05. The van der Waals surface area contributed by atoms with Gasteiger partial charge in [-0.2, -0.15) is 5.10 Å². The fourth-order valence-corrected chi connectivity index (χ4v) is 2.44. The number of benzene rings is 2. The summed E-state index contributed by atoms with van der Waals surface area (Å²) in [6, 6.07) is 10.1. The standard InChI is InChI=1S/C15H10ClF2N3/c16-11-7-8(17)5-6-9(11)14-13(15(19)21-20-14)10-3-1-2-4-12(10)18/h1-7H,(H3,19,20,21). The molecule has 0 amide bonds. The summed E-state index contributed by atoms with van der Waals surface area (Å²) in [4.78, 5) is 0. The van der Waals surface area contributed by atoms with E-state index >= 15 is 0 Å². The molecule has 0 radical (unpaired) electrons. The summed E-state index contributed by atoms with van der Waals surface area (Å²) < 4.78 is 27.2. The molecule has 1 aromatic heterocycles. The molecule has 0 aliphatic carbocycles. The normalized spacial score (nSPS) is 10.8. The minimum atomic E-state index is -0.455. The van der Waals surface area contributed by atoms with Crippen molar-refractivity contribution in [2.75, 3.05) is 5.73 Å². The first-order valence-electron chi connectivity index (χ1n) is 6.12. The maximum absolute atomic E-state index is 14.0. The zero-order valence-corrected chi connectivity index (χ0v) is 11.5. The van der Waals surface area contributed by atoms with Crippen LogP contribution in [0.25, 0.3) is 22.4 Å². The first-order chi connectivity index (χ1) is 10.1. The molecule has 1 heterocycles. The molecule has 0 aliphatic heterocycles. The Morgan fingerprint density at radius 2 is 1.81 bits per heavy atom. The van der Waals surface area contributed by atoms with E-state index in [2.05, 4.69) is 10.2 Å². The van der Waals surface area contributed by atoms with Crippen LogP contribution < -0.4 is 5.73 Å². The van der Waals surface area contributed by atoms with Crippen LogP contribution in [0.5, 0.6) is 0 Å². The number of aromatic amines is 1. The average molecular weight is 306 g/mol. The van der Waals surface area contributed by atoms with Crippen molar-refractivity contribution in [3.8, 4) is 22.4 Å². The van der Waals surface area contributed by atoms with Gasteiger partial charge in [0.2, 0.25) is 0 Å². The highest BCUT2D eigenvalue weighted by Gasteiger charge is 2.19. The van der Waals surface area contributed by atoms with Gasteiger partial charge in [-0.3, -0.25) is 5.10 Å². The van der Waals surface area contributed by atoms with E-state index in [0.29, 0.717) is 22.4 Å². The van der Waals surface area contributed by atoms with E-state index in [1.54, 1.807) is 18.2 Å². The third-order valence-electron chi connectivity index (χ3n) is 3.14. The summed E-state index contributed by atoms with van der Waals surface area (Å²) in [7, 11) is 0. The summed E-state index contributed by atoms with van der Waals surface area (Å²) in [6.07, 6.45) is 0. The molecule has 0 fully saturated rings. The first-order valence-corrected chi connectivity index (χ1v) is 6.50. The molecule has 3 rings (SSSR count). The molecule has 2 aromatic carbocycles. The van der Waals surface area contributed by atoms with Crippen LogP contribution >= 0.6 is 11.6 Å². The van der Waals surface area contributed by atoms with Crippen LogP contribution in [0.3, 0.4) is 0 Å². The van der Waals surface area contributed by atoms with Crippen molar-refractivity contribution in [2.24, 2.45) is 0 Å². The third kappa shape index (κ3) is 2.36. The SMILES string of the molecule is Nc1n[nH]c(-c2ccc(F)cc2Cl)c1-c1ccccc1F. The van der Waals surface area contributed by atoms with Gasteiger partial charge in [-0.1, -0.05) is 29.8 Å². The van der Waals surface area contributed by atoms with Crippen LogP contribution in [0.2, 0.25) is 5.02 Å². The number of nitrogens with two attached hydrogens (primary N) is 1. The van der Waals surface area contributed by atoms with Gasteiger partial charge in [0.05, 0.1) is 16.3 Å². The quantitative estimate of drug-likeness (QED) is 0.743. The van der Waals surface area contributed by atoms with Crippen LogP contribution in [0, 0.1) is 11.6 Å². The number of nitrogens with one attached hydrogen (secondary N) is 1. The van der Waals surface area contributed by atoms with E-state index < -0.39 is 11.6 Å². The second-order valence-electron chi connectivity index (χ2n) is 4.46. The number of anilines is 1. The van der Waals surface area contributed by atoms with Gasteiger partial charge in [0, 0.05) is 11.1 Å². The van der Waals surface area contributed by atoms with Gasteiger partial charge in [-0.05, 0) is 24.3 Å². The van der Waals surface area contributed by atoms with E-state index in [4.69, 9.17) is 17.3 Å². The van der Waals surface area contributed by atoms with Crippen molar-refractivity contribution >= 4 is 17.4 Å². The zero-order valence-electron chi connectivity index (χ0n) is 10.7. The molecule has 0 saturated heterocycles. The second kappa shape index (κ2) is 5.18. The number of nitrogens with zero attached hydrogens (tertiary/aromatic N) is 1. The smallest absolute Gasteiger partial charge is 0.153 e. The fourth-order valence-electron chi connectivity index (χ4n) is 2.18. The lowest BCUT2D eigenvalue weighted by atomic mass is 10.0. The lowest BCUT2D eigenvalue weighted by molar-refractivity contribution is 0.628. The van der Waals surface area contributed by atoms with Gasteiger partial charge in [0.1, 0.15) is 11.6 Å². The highest BCUT2D eigenvalue weighted by molar-refractivity contribution is 6.33. The van der Waals surface area contributed by atoms with E-state index in [1.807, 2.05) is 0 Å². The zero-order chi connectivity index (χ0) is 15.0. The van der Waals surface area contributed by atoms with E-state index in [-0.39, 0.29) is 10.8 Å². The molecular weight excluding hydrogens is 296 g/mol. The monoisotopic (exact) mass is 305 g/mol. The summed E-state index contributed by atoms with van der Waals surface area (Å²) in [5.74, 6) is -0.732. The topological polar surface area (TPSA) is 54.7 Å². The molecule has 0 bridgehead atoms. The van der Waals surface area contributed by atoms with Crippen LogP contribution in [0.1, 0.15) is 0 Å². The number of H-pyrrole nitrogens is 1. The molecule has 0 saturated carbocycles. The minimum absolute atomic E-state index is 0.149. The second-order valence-corrected chi connectivity index (χ2v) is 4.87. The number of hydrogen-bond donors (Lipinski definition) is 2. The molecule has 3 nitrogen and oxygen atoms in total. The van der Waals surface area contributed by atoms with Crippen molar-refractivity contribution < 1.29 is 8.78 Å². The number of nitrogen functional groups attached to an aromatic ring is 1. The number of halogens is 3.